The lowest BCUT2D eigenvalue weighted by molar-refractivity contribution is -0.110. The van der Waals surface area contributed by atoms with Gasteiger partial charge in [0.05, 0.1) is 0 Å². The van der Waals surface area contributed by atoms with E-state index in [2.05, 4.69) is 34.3 Å². The summed E-state index contributed by atoms with van der Waals surface area (Å²) in [5, 5.41) is 0. The molecule has 1 unspecified atom stereocenters. The van der Waals surface area contributed by atoms with Gasteiger partial charge in [0.25, 0.3) is 0 Å². The highest BCUT2D eigenvalue weighted by Gasteiger charge is 2.05. The predicted octanol–water partition coefficient (Wildman–Crippen LogP) is 4.06. The molecule has 0 saturated carbocycles. The van der Waals surface area contributed by atoms with Crippen LogP contribution < -0.4 is 0 Å². The van der Waals surface area contributed by atoms with Gasteiger partial charge in [0.15, 0.2) is 0 Å². The van der Waals surface area contributed by atoms with Crippen LogP contribution in [-0.2, 0) is 9.59 Å². The molecule has 0 N–H and O–H groups in total. The van der Waals surface area contributed by atoms with Gasteiger partial charge in [-0.1, -0.05) is 46.8 Å². The molecule has 0 amide bonds. The van der Waals surface area contributed by atoms with Crippen molar-refractivity contribution >= 4 is 12.6 Å². The molecule has 2 nitrogen and oxygen atoms in total. The molecule has 1 atom stereocenters. The number of aldehydes is 2. The average molecular weight is 252 g/mol. The Hall–Kier alpha value is -0.920. The third-order valence-electron chi connectivity index (χ3n) is 2.33. The maximum absolute atomic E-state index is 10.2. The Kier molecular flexibility index (Phi) is 13.5. The van der Waals surface area contributed by atoms with Crippen LogP contribution in [0.15, 0.2) is 12.2 Å². The molecule has 0 aliphatic heterocycles. The summed E-state index contributed by atoms with van der Waals surface area (Å²) in [4.78, 5) is 19.9. The fourth-order valence-electron chi connectivity index (χ4n) is 1.07. The van der Waals surface area contributed by atoms with Crippen molar-refractivity contribution in [2.24, 2.45) is 17.8 Å². The predicted molar refractivity (Wildman–Crippen MR) is 77.9 cm³/mol. The number of carbonyl (C=O) groups excluding carboxylic acids is 2. The second kappa shape index (κ2) is 12.5. The molecule has 104 valence electrons. The molecular formula is C16H28O2. The molecule has 0 aromatic rings. The van der Waals surface area contributed by atoms with E-state index in [0.29, 0.717) is 18.3 Å². The van der Waals surface area contributed by atoms with Crippen LogP contribution in [0.2, 0.25) is 0 Å². The molecule has 18 heavy (non-hydrogen) atoms. The summed E-state index contributed by atoms with van der Waals surface area (Å²) in [6.45, 7) is 14.1. The number of hydrogen-bond donors (Lipinski definition) is 0. The summed E-state index contributed by atoms with van der Waals surface area (Å²) in [5.41, 5.74) is 1.04. The van der Waals surface area contributed by atoms with Gasteiger partial charge in [-0.15, -0.1) is 0 Å². The zero-order valence-electron chi connectivity index (χ0n) is 12.5. The molecule has 0 spiro atoms. The average Bonchev–Trinajstić information content (AvgIpc) is 2.29. The fourth-order valence-corrected chi connectivity index (χ4v) is 1.07. The van der Waals surface area contributed by atoms with Crippen LogP contribution in [0.5, 0.6) is 0 Å². The maximum Gasteiger partial charge on any atom is 0.123 e. The Morgan fingerprint density at radius 3 is 2.00 bits per heavy atom. The highest BCUT2D eigenvalue weighted by molar-refractivity contribution is 5.56. The maximum atomic E-state index is 10.2. The van der Waals surface area contributed by atoms with Crippen LogP contribution in [0.25, 0.3) is 0 Å². The first-order valence-electron chi connectivity index (χ1n) is 6.59. The number of carbonyl (C=O) groups is 2. The zero-order valence-corrected chi connectivity index (χ0v) is 12.5. The van der Waals surface area contributed by atoms with Crippen LogP contribution >= 0.6 is 0 Å². The number of hydrogen-bond acceptors (Lipinski definition) is 2. The molecule has 0 aliphatic carbocycles. The highest BCUT2D eigenvalue weighted by atomic mass is 16.1. The highest BCUT2D eigenvalue weighted by Crippen LogP contribution is 2.14. The lowest BCUT2D eigenvalue weighted by Gasteiger charge is -2.09. The molecule has 0 rings (SSSR count). The number of rotatable bonds is 8. The Bertz CT molecular complexity index is 229. The van der Waals surface area contributed by atoms with E-state index in [-0.39, 0.29) is 5.92 Å². The SMILES string of the molecule is C=C([CH]C(C)C=O)C(C)C.CC(C)C[CH]CC=O. The molecule has 0 saturated heterocycles. The third-order valence-corrected chi connectivity index (χ3v) is 2.33. The van der Waals surface area contributed by atoms with Crippen molar-refractivity contribution in [3.63, 3.8) is 0 Å². The first-order chi connectivity index (χ1) is 8.34. The third kappa shape index (κ3) is 15.1. The second-order valence-corrected chi connectivity index (χ2v) is 5.21. The first-order valence-corrected chi connectivity index (χ1v) is 6.59. The van der Waals surface area contributed by atoms with Crippen molar-refractivity contribution in [2.45, 2.75) is 47.5 Å². The Balaban J connectivity index is 0. The molecule has 0 aromatic carbocycles. The lowest BCUT2D eigenvalue weighted by atomic mass is 9.95. The summed E-state index contributed by atoms with van der Waals surface area (Å²) >= 11 is 0. The minimum absolute atomic E-state index is 0.00917. The molecule has 0 bridgehead atoms. The second-order valence-electron chi connectivity index (χ2n) is 5.21. The topological polar surface area (TPSA) is 34.1 Å². The largest absolute Gasteiger partial charge is 0.303 e. The molecule has 0 heterocycles. The van der Waals surface area contributed by atoms with Crippen LogP contribution in [0, 0.1) is 30.6 Å². The van der Waals surface area contributed by atoms with Gasteiger partial charge in [-0.3, -0.25) is 0 Å². The van der Waals surface area contributed by atoms with Crippen molar-refractivity contribution in [3.05, 3.63) is 25.0 Å². The van der Waals surface area contributed by atoms with Crippen molar-refractivity contribution in [1.29, 1.82) is 0 Å². The summed E-state index contributed by atoms with van der Waals surface area (Å²) in [7, 11) is 0. The van der Waals surface area contributed by atoms with E-state index in [4.69, 9.17) is 0 Å². The minimum atomic E-state index is 0.00917. The van der Waals surface area contributed by atoms with E-state index in [1.54, 1.807) is 0 Å². The van der Waals surface area contributed by atoms with Gasteiger partial charge in [0.1, 0.15) is 12.6 Å². The standard InChI is InChI=1S/C9H15O.C7H13O/c1-7(2)9(4)5-8(3)6-10;1-7(2)5-3-4-6-8/h5-8H,4H2,1-3H3;3,6-7H,4-5H2,1-2H3. The van der Waals surface area contributed by atoms with Crippen LogP contribution in [0.1, 0.15) is 47.5 Å². The zero-order chi connectivity index (χ0) is 14.6. The van der Waals surface area contributed by atoms with Gasteiger partial charge in [0, 0.05) is 12.3 Å². The van der Waals surface area contributed by atoms with E-state index in [0.717, 1.165) is 24.6 Å². The van der Waals surface area contributed by atoms with Crippen molar-refractivity contribution in [3.8, 4) is 0 Å². The Morgan fingerprint density at radius 1 is 1.11 bits per heavy atom. The van der Waals surface area contributed by atoms with Gasteiger partial charge in [0.2, 0.25) is 0 Å². The van der Waals surface area contributed by atoms with E-state index in [1.807, 2.05) is 19.8 Å². The van der Waals surface area contributed by atoms with Gasteiger partial charge in [-0.25, -0.2) is 0 Å². The smallest absolute Gasteiger partial charge is 0.123 e. The lowest BCUT2D eigenvalue weighted by Crippen LogP contribution is -2.02. The summed E-state index contributed by atoms with van der Waals surface area (Å²) in [6.07, 6.45) is 7.43. The molecule has 2 radical (unpaired) electrons. The van der Waals surface area contributed by atoms with E-state index >= 15 is 0 Å². The van der Waals surface area contributed by atoms with Crippen LogP contribution in [0.3, 0.4) is 0 Å². The van der Waals surface area contributed by atoms with Gasteiger partial charge in [-0.05, 0) is 31.1 Å². The minimum Gasteiger partial charge on any atom is -0.303 e. The summed E-state index contributed by atoms with van der Waals surface area (Å²) in [5.74, 6) is 1.15. The van der Waals surface area contributed by atoms with Gasteiger partial charge >= 0.3 is 0 Å². The summed E-state index contributed by atoms with van der Waals surface area (Å²) in [6, 6.07) is 0. The van der Waals surface area contributed by atoms with Gasteiger partial charge < -0.3 is 9.59 Å². The normalized spacial score (nSPS) is 11.7. The van der Waals surface area contributed by atoms with E-state index in [9.17, 15) is 9.59 Å². The molecular weight excluding hydrogens is 224 g/mol. The monoisotopic (exact) mass is 252 g/mol. The molecule has 0 aromatic heterocycles. The van der Waals surface area contributed by atoms with Crippen molar-refractivity contribution in [1.82, 2.24) is 0 Å². The first kappa shape index (κ1) is 19.4. The van der Waals surface area contributed by atoms with E-state index < -0.39 is 0 Å². The number of unbranched alkanes of at least 4 members (excludes halogenated alkanes) is 1. The van der Waals surface area contributed by atoms with Crippen LogP contribution in [-0.4, -0.2) is 12.6 Å². The molecule has 0 aliphatic rings. The fraction of sp³-hybridized carbons (Fsp3) is 0.625. The van der Waals surface area contributed by atoms with Gasteiger partial charge in [-0.2, -0.15) is 0 Å². The Morgan fingerprint density at radius 2 is 1.67 bits per heavy atom. The molecule has 2 heteroatoms. The van der Waals surface area contributed by atoms with Crippen LogP contribution in [0.4, 0.5) is 0 Å². The Labute approximate surface area is 113 Å². The van der Waals surface area contributed by atoms with Crippen molar-refractivity contribution < 1.29 is 9.59 Å². The van der Waals surface area contributed by atoms with E-state index in [1.165, 1.54) is 0 Å². The quantitative estimate of drug-likeness (QED) is 0.482. The number of allylic oxidation sites excluding steroid dienone is 1. The summed E-state index contributed by atoms with van der Waals surface area (Å²) < 4.78 is 0. The van der Waals surface area contributed by atoms with Crippen molar-refractivity contribution in [2.75, 3.05) is 0 Å². The molecule has 0 fully saturated rings.